The Kier molecular flexibility index (Phi) is 5.44. The van der Waals surface area contributed by atoms with Crippen molar-refractivity contribution < 1.29 is 4.79 Å². The van der Waals surface area contributed by atoms with Crippen LogP contribution in [0.1, 0.15) is 69.9 Å². The van der Waals surface area contributed by atoms with Gasteiger partial charge in [-0.05, 0) is 42.2 Å². The third-order valence-corrected chi connectivity index (χ3v) is 4.89. The molecule has 1 aliphatic heterocycles. The second kappa shape index (κ2) is 7.11. The van der Waals surface area contributed by atoms with Gasteiger partial charge in [0.15, 0.2) is 0 Å². The molecule has 1 fully saturated rings. The first-order valence-electron chi connectivity index (χ1n) is 8.41. The summed E-state index contributed by atoms with van der Waals surface area (Å²) in [5, 5.41) is 0. The molecule has 1 aromatic rings. The summed E-state index contributed by atoms with van der Waals surface area (Å²) in [7, 11) is 0. The summed E-state index contributed by atoms with van der Waals surface area (Å²) in [4.78, 5) is 14.1. The van der Waals surface area contributed by atoms with Crippen molar-refractivity contribution in [2.24, 2.45) is 5.92 Å². The second-order valence-electron chi connectivity index (χ2n) is 6.73. The van der Waals surface area contributed by atoms with Gasteiger partial charge in [0.05, 0.1) is 0 Å². The van der Waals surface area contributed by atoms with Gasteiger partial charge in [0.1, 0.15) is 0 Å². The van der Waals surface area contributed by atoms with Gasteiger partial charge in [-0.2, -0.15) is 0 Å². The smallest absolute Gasteiger partial charge is 0.225 e. The Labute approximate surface area is 129 Å². The zero-order chi connectivity index (χ0) is 15.4. The van der Waals surface area contributed by atoms with E-state index in [9.17, 15) is 4.79 Å². The van der Waals surface area contributed by atoms with Crippen LogP contribution in [0.15, 0.2) is 24.3 Å². The first kappa shape index (κ1) is 16.1. The number of hydrogen-bond acceptors (Lipinski definition) is 1. The molecule has 1 heterocycles. The highest BCUT2D eigenvalue weighted by Gasteiger charge is 2.25. The standard InChI is InChI=1S/C19H29NO/c1-5-15(4)16-6-8-17(9-7-16)18-10-12-20(13-11-18)19(21)14(2)3/h6-9,14-15,18H,5,10-13H2,1-4H3. The van der Waals surface area contributed by atoms with E-state index in [0.717, 1.165) is 25.9 Å². The molecular weight excluding hydrogens is 258 g/mol. The molecule has 1 amide bonds. The number of nitrogens with zero attached hydrogens (tertiary/aromatic N) is 1. The molecule has 0 N–H and O–H groups in total. The van der Waals surface area contributed by atoms with E-state index in [1.807, 2.05) is 18.7 Å². The molecule has 0 spiro atoms. The first-order chi connectivity index (χ1) is 10.0. The van der Waals surface area contributed by atoms with Crippen molar-refractivity contribution in [1.29, 1.82) is 0 Å². The largest absolute Gasteiger partial charge is 0.342 e. The number of carbonyl (C=O) groups is 1. The Balaban J connectivity index is 1.94. The second-order valence-corrected chi connectivity index (χ2v) is 6.73. The van der Waals surface area contributed by atoms with Crippen LogP contribution in [-0.2, 0) is 4.79 Å². The fourth-order valence-electron chi connectivity index (χ4n) is 3.13. The number of piperidine rings is 1. The molecule has 1 unspecified atom stereocenters. The fraction of sp³-hybridized carbons (Fsp3) is 0.632. The van der Waals surface area contributed by atoms with Gasteiger partial charge in [0, 0.05) is 19.0 Å². The topological polar surface area (TPSA) is 20.3 Å². The Morgan fingerprint density at radius 3 is 2.19 bits per heavy atom. The maximum Gasteiger partial charge on any atom is 0.225 e. The first-order valence-corrected chi connectivity index (χ1v) is 8.41. The van der Waals surface area contributed by atoms with E-state index < -0.39 is 0 Å². The molecule has 2 heteroatoms. The quantitative estimate of drug-likeness (QED) is 0.795. The Morgan fingerprint density at radius 2 is 1.71 bits per heavy atom. The molecule has 0 aliphatic carbocycles. The molecule has 0 radical (unpaired) electrons. The lowest BCUT2D eigenvalue weighted by molar-refractivity contribution is -0.135. The SMILES string of the molecule is CCC(C)c1ccc(C2CCN(C(=O)C(C)C)CC2)cc1. The number of likely N-dealkylation sites (tertiary alicyclic amines) is 1. The fourth-order valence-corrected chi connectivity index (χ4v) is 3.13. The van der Waals surface area contributed by atoms with Crippen molar-refractivity contribution in [1.82, 2.24) is 4.90 Å². The van der Waals surface area contributed by atoms with Gasteiger partial charge in [-0.1, -0.05) is 52.0 Å². The van der Waals surface area contributed by atoms with Crippen LogP contribution in [0.25, 0.3) is 0 Å². The molecule has 2 nitrogen and oxygen atoms in total. The van der Waals surface area contributed by atoms with Crippen molar-refractivity contribution in [2.45, 2.75) is 58.8 Å². The summed E-state index contributed by atoms with van der Waals surface area (Å²) < 4.78 is 0. The van der Waals surface area contributed by atoms with Crippen LogP contribution < -0.4 is 0 Å². The number of benzene rings is 1. The molecule has 21 heavy (non-hydrogen) atoms. The van der Waals surface area contributed by atoms with E-state index in [0.29, 0.717) is 17.7 Å². The van der Waals surface area contributed by atoms with Crippen LogP contribution in [0, 0.1) is 5.92 Å². The summed E-state index contributed by atoms with van der Waals surface area (Å²) in [6.07, 6.45) is 3.39. The van der Waals surface area contributed by atoms with E-state index in [1.54, 1.807) is 0 Å². The highest BCUT2D eigenvalue weighted by Crippen LogP contribution is 2.30. The van der Waals surface area contributed by atoms with Crippen LogP contribution in [-0.4, -0.2) is 23.9 Å². The molecular formula is C19H29NO. The van der Waals surface area contributed by atoms with Gasteiger partial charge in [-0.25, -0.2) is 0 Å². The average Bonchev–Trinajstić information content (AvgIpc) is 2.53. The summed E-state index contributed by atoms with van der Waals surface area (Å²) in [5.41, 5.74) is 2.88. The highest BCUT2D eigenvalue weighted by molar-refractivity contribution is 5.78. The molecule has 0 aromatic heterocycles. The van der Waals surface area contributed by atoms with E-state index in [2.05, 4.69) is 38.1 Å². The zero-order valence-corrected chi connectivity index (χ0v) is 13.9. The van der Waals surface area contributed by atoms with Gasteiger partial charge in [0.25, 0.3) is 0 Å². The van der Waals surface area contributed by atoms with Crippen LogP contribution in [0.3, 0.4) is 0 Å². The lowest BCUT2D eigenvalue weighted by atomic mass is 9.87. The van der Waals surface area contributed by atoms with Crippen molar-refractivity contribution in [3.05, 3.63) is 35.4 Å². The summed E-state index contributed by atoms with van der Waals surface area (Å²) in [6, 6.07) is 9.17. The monoisotopic (exact) mass is 287 g/mol. The zero-order valence-electron chi connectivity index (χ0n) is 13.9. The Bertz CT molecular complexity index is 455. The molecule has 116 valence electrons. The molecule has 1 aromatic carbocycles. The van der Waals surface area contributed by atoms with Gasteiger partial charge < -0.3 is 4.90 Å². The molecule has 0 saturated carbocycles. The van der Waals surface area contributed by atoms with Crippen molar-refractivity contribution in [3.63, 3.8) is 0 Å². The summed E-state index contributed by atoms with van der Waals surface area (Å²) in [6.45, 7) is 10.3. The Morgan fingerprint density at radius 1 is 1.14 bits per heavy atom. The minimum absolute atomic E-state index is 0.122. The lowest BCUT2D eigenvalue weighted by Gasteiger charge is -2.33. The van der Waals surface area contributed by atoms with Crippen LogP contribution in [0.4, 0.5) is 0 Å². The van der Waals surface area contributed by atoms with Gasteiger partial charge in [0.2, 0.25) is 5.91 Å². The van der Waals surface area contributed by atoms with E-state index in [-0.39, 0.29) is 5.92 Å². The van der Waals surface area contributed by atoms with Crippen LogP contribution >= 0.6 is 0 Å². The molecule has 2 rings (SSSR count). The molecule has 1 atom stereocenters. The van der Waals surface area contributed by atoms with E-state index >= 15 is 0 Å². The van der Waals surface area contributed by atoms with Gasteiger partial charge in [-0.15, -0.1) is 0 Å². The molecule has 0 bridgehead atoms. The van der Waals surface area contributed by atoms with Crippen molar-refractivity contribution >= 4 is 5.91 Å². The molecule has 1 saturated heterocycles. The third kappa shape index (κ3) is 3.87. The third-order valence-electron chi connectivity index (χ3n) is 4.89. The predicted molar refractivity (Wildman–Crippen MR) is 88.5 cm³/mol. The van der Waals surface area contributed by atoms with Gasteiger partial charge >= 0.3 is 0 Å². The summed E-state index contributed by atoms with van der Waals surface area (Å²) >= 11 is 0. The number of amides is 1. The minimum Gasteiger partial charge on any atom is -0.342 e. The van der Waals surface area contributed by atoms with Crippen molar-refractivity contribution in [2.75, 3.05) is 13.1 Å². The lowest BCUT2D eigenvalue weighted by Crippen LogP contribution is -2.40. The van der Waals surface area contributed by atoms with Crippen molar-refractivity contribution in [3.8, 4) is 0 Å². The maximum atomic E-state index is 12.0. The van der Waals surface area contributed by atoms with E-state index in [4.69, 9.17) is 0 Å². The number of hydrogen-bond donors (Lipinski definition) is 0. The normalized spacial score (nSPS) is 18.0. The maximum absolute atomic E-state index is 12.0. The minimum atomic E-state index is 0.122. The molecule has 1 aliphatic rings. The van der Waals surface area contributed by atoms with Crippen LogP contribution in [0.2, 0.25) is 0 Å². The predicted octanol–water partition coefficient (Wildman–Crippen LogP) is 4.56. The van der Waals surface area contributed by atoms with E-state index in [1.165, 1.54) is 17.5 Å². The number of rotatable bonds is 4. The van der Waals surface area contributed by atoms with Gasteiger partial charge in [-0.3, -0.25) is 4.79 Å². The van der Waals surface area contributed by atoms with Crippen LogP contribution in [0.5, 0.6) is 0 Å². The Hall–Kier alpha value is -1.31. The number of carbonyl (C=O) groups excluding carboxylic acids is 1. The highest BCUT2D eigenvalue weighted by atomic mass is 16.2. The summed E-state index contributed by atoms with van der Waals surface area (Å²) in [5.74, 6) is 1.69. The average molecular weight is 287 g/mol.